The lowest BCUT2D eigenvalue weighted by atomic mass is 10.1. The van der Waals surface area contributed by atoms with Crippen molar-refractivity contribution in [1.82, 2.24) is 9.97 Å². The van der Waals surface area contributed by atoms with Crippen molar-refractivity contribution < 1.29 is 4.79 Å². The number of thiophene rings is 1. The van der Waals surface area contributed by atoms with E-state index in [0.29, 0.717) is 26.0 Å². The molecule has 4 nitrogen and oxygen atoms in total. The van der Waals surface area contributed by atoms with Gasteiger partial charge in [0.1, 0.15) is 4.70 Å². The number of benzene rings is 1. The Morgan fingerprint density at radius 1 is 1.29 bits per heavy atom. The van der Waals surface area contributed by atoms with Crippen molar-refractivity contribution >= 4 is 50.7 Å². The molecular weight excluding hydrogens is 328 g/mol. The normalized spacial score (nSPS) is 10.9. The molecule has 0 spiro atoms. The molecule has 0 aliphatic carbocycles. The molecule has 7 heteroatoms. The van der Waals surface area contributed by atoms with Gasteiger partial charge in [0.2, 0.25) is 0 Å². The Labute approximate surface area is 133 Å². The van der Waals surface area contributed by atoms with Crippen LogP contribution in [-0.2, 0) is 0 Å². The monoisotopic (exact) mass is 336 g/mol. The van der Waals surface area contributed by atoms with E-state index in [9.17, 15) is 9.59 Å². The molecule has 0 bridgehead atoms. The molecule has 1 aromatic carbocycles. The molecule has 2 heterocycles. The van der Waals surface area contributed by atoms with Gasteiger partial charge in [-0.25, -0.2) is 4.98 Å². The molecule has 1 N–H and O–H groups in total. The third kappa shape index (κ3) is 3.18. The van der Waals surface area contributed by atoms with Crippen LogP contribution in [0.3, 0.4) is 0 Å². The van der Waals surface area contributed by atoms with Crippen LogP contribution < -0.4 is 5.56 Å². The first-order chi connectivity index (χ1) is 10.1. The predicted molar refractivity (Wildman–Crippen MR) is 86.7 cm³/mol. The minimum atomic E-state index is -0.170. The van der Waals surface area contributed by atoms with Crippen LogP contribution in [0.25, 0.3) is 10.2 Å². The Morgan fingerprint density at radius 3 is 2.81 bits per heavy atom. The van der Waals surface area contributed by atoms with Crippen LogP contribution in [0.2, 0.25) is 5.02 Å². The fourth-order valence-corrected chi connectivity index (χ4v) is 3.39. The largest absolute Gasteiger partial charge is 0.300 e. The molecule has 0 aliphatic heterocycles. The van der Waals surface area contributed by atoms with Crippen molar-refractivity contribution in [2.75, 3.05) is 5.75 Å². The molecular formula is C14H9ClN2O2S2. The molecule has 0 fully saturated rings. The average molecular weight is 337 g/mol. The molecule has 106 valence electrons. The zero-order valence-electron chi connectivity index (χ0n) is 10.6. The van der Waals surface area contributed by atoms with E-state index >= 15 is 0 Å². The third-order valence-corrected chi connectivity index (χ3v) is 4.83. The van der Waals surface area contributed by atoms with E-state index in [0.717, 1.165) is 0 Å². The maximum Gasteiger partial charge on any atom is 0.269 e. The SMILES string of the molecule is O=C(CSc1nc2ccsc2c(=O)[nH]1)c1ccc(Cl)cc1. The molecule has 21 heavy (non-hydrogen) atoms. The van der Waals surface area contributed by atoms with Gasteiger partial charge in [0.15, 0.2) is 10.9 Å². The van der Waals surface area contributed by atoms with Gasteiger partial charge >= 0.3 is 0 Å². The lowest BCUT2D eigenvalue weighted by Gasteiger charge is -2.01. The standard InChI is InChI=1S/C14H9ClN2O2S2/c15-9-3-1-8(2-4-9)11(18)7-21-14-16-10-5-6-20-12(10)13(19)17-14/h1-6H,7H2,(H,16,17,19). The van der Waals surface area contributed by atoms with Crippen LogP contribution >= 0.6 is 34.7 Å². The van der Waals surface area contributed by atoms with Crippen LogP contribution in [0, 0.1) is 0 Å². The highest BCUT2D eigenvalue weighted by Crippen LogP contribution is 2.19. The first kappa shape index (κ1) is 14.3. The van der Waals surface area contributed by atoms with Gasteiger partial charge in [-0.05, 0) is 35.7 Å². The highest BCUT2D eigenvalue weighted by Gasteiger charge is 2.10. The lowest BCUT2D eigenvalue weighted by Crippen LogP contribution is -2.09. The molecule has 0 amide bonds. The van der Waals surface area contributed by atoms with Crippen molar-refractivity contribution in [2.45, 2.75) is 5.16 Å². The highest BCUT2D eigenvalue weighted by molar-refractivity contribution is 7.99. The number of hydrogen-bond acceptors (Lipinski definition) is 5. The van der Waals surface area contributed by atoms with E-state index in [1.165, 1.54) is 23.1 Å². The molecule has 0 unspecified atom stereocenters. The number of carbonyl (C=O) groups excluding carboxylic acids is 1. The Kier molecular flexibility index (Phi) is 4.10. The molecule has 3 rings (SSSR count). The maximum atomic E-state index is 12.0. The van der Waals surface area contributed by atoms with Gasteiger partial charge in [0.05, 0.1) is 11.3 Å². The van der Waals surface area contributed by atoms with Gasteiger partial charge in [-0.1, -0.05) is 23.4 Å². The van der Waals surface area contributed by atoms with Crippen molar-refractivity contribution in [3.05, 3.63) is 56.7 Å². The second kappa shape index (κ2) is 6.01. The minimum Gasteiger partial charge on any atom is -0.300 e. The fourth-order valence-electron chi connectivity index (χ4n) is 1.77. The van der Waals surface area contributed by atoms with Gasteiger partial charge < -0.3 is 4.98 Å². The number of ketones is 1. The summed E-state index contributed by atoms with van der Waals surface area (Å²) < 4.78 is 0.600. The number of hydrogen-bond donors (Lipinski definition) is 1. The molecule has 0 atom stereocenters. The summed E-state index contributed by atoms with van der Waals surface area (Å²) in [5.41, 5.74) is 1.08. The number of aromatic amines is 1. The van der Waals surface area contributed by atoms with E-state index in [2.05, 4.69) is 9.97 Å². The molecule has 0 saturated carbocycles. The second-order valence-corrected chi connectivity index (χ2v) is 6.54. The minimum absolute atomic E-state index is 0.0373. The van der Waals surface area contributed by atoms with E-state index in [1.54, 1.807) is 30.3 Å². The molecule has 2 aromatic heterocycles. The number of nitrogens with zero attached hydrogens (tertiary/aromatic N) is 1. The first-order valence-corrected chi connectivity index (χ1v) is 8.27. The Balaban J connectivity index is 1.75. The van der Waals surface area contributed by atoms with Crippen molar-refractivity contribution in [3.63, 3.8) is 0 Å². The van der Waals surface area contributed by atoms with Gasteiger partial charge in [-0.15, -0.1) is 11.3 Å². The van der Waals surface area contributed by atoms with E-state index in [4.69, 9.17) is 11.6 Å². The summed E-state index contributed by atoms with van der Waals surface area (Å²) in [7, 11) is 0. The number of rotatable bonds is 4. The summed E-state index contributed by atoms with van der Waals surface area (Å²) in [6, 6.07) is 8.52. The van der Waals surface area contributed by atoms with Crippen LogP contribution in [0.1, 0.15) is 10.4 Å². The molecule has 0 saturated heterocycles. The Hall–Kier alpha value is -1.63. The number of Topliss-reactive ketones (excluding diaryl/α,β-unsaturated/α-hetero) is 1. The van der Waals surface area contributed by atoms with Crippen LogP contribution in [0.4, 0.5) is 0 Å². The maximum absolute atomic E-state index is 12.0. The summed E-state index contributed by atoms with van der Waals surface area (Å²) in [6.45, 7) is 0. The molecule has 0 aliphatic rings. The number of H-pyrrole nitrogens is 1. The van der Waals surface area contributed by atoms with Crippen molar-refractivity contribution in [2.24, 2.45) is 0 Å². The quantitative estimate of drug-likeness (QED) is 0.449. The Bertz CT molecular complexity index is 855. The highest BCUT2D eigenvalue weighted by atomic mass is 35.5. The van der Waals surface area contributed by atoms with Crippen molar-refractivity contribution in [1.29, 1.82) is 0 Å². The second-order valence-electron chi connectivity index (χ2n) is 4.22. The first-order valence-electron chi connectivity index (χ1n) is 6.02. The lowest BCUT2D eigenvalue weighted by molar-refractivity contribution is 0.102. The topological polar surface area (TPSA) is 62.8 Å². The van der Waals surface area contributed by atoms with Gasteiger partial charge in [-0.3, -0.25) is 9.59 Å². The molecule has 3 aromatic rings. The Morgan fingerprint density at radius 2 is 2.05 bits per heavy atom. The predicted octanol–water partition coefficient (Wildman–Crippen LogP) is 3.61. The van der Waals surface area contributed by atoms with Gasteiger partial charge in [0, 0.05) is 10.6 Å². The third-order valence-electron chi connectivity index (χ3n) is 2.80. The van der Waals surface area contributed by atoms with Crippen molar-refractivity contribution in [3.8, 4) is 0 Å². The fraction of sp³-hybridized carbons (Fsp3) is 0.0714. The van der Waals surface area contributed by atoms with E-state index < -0.39 is 0 Å². The summed E-state index contributed by atoms with van der Waals surface area (Å²) in [6.07, 6.45) is 0. The summed E-state index contributed by atoms with van der Waals surface area (Å²) in [4.78, 5) is 30.9. The van der Waals surface area contributed by atoms with Crippen LogP contribution in [0.5, 0.6) is 0 Å². The summed E-state index contributed by atoms with van der Waals surface area (Å²) >= 11 is 8.35. The van der Waals surface area contributed by atoms with E-state index in [1.807, 2.05) is 5.38 Å². The number of fused-ring (bicyclic) bond motifs is 1. The average Bonchev–Trinajstić information content (AvgIpc) is 2.94. The number of halogens is 1. The number of carbonyl (C=O) groups is 1. The zero-order chi connectivity index (χ0) is 14.8. The van der Waals surface area contributed by atoms with E-state index in [-0.39, 0.29) is 17.1 Å². The number of nitrogens with one attached hydrogen (secondary N) is 1. The number of thioether (sulfide) groups is 1. The smallest absolute Gasteiger partial charge is 0.269 e. The number of aromatic nitrogens is 2. The zero-order valence-corrected chi connectivity index (χ0v) is 13.0. The van der Waals surface area contributed by atoms with Gasteiger partial charge in [-0.2, -0.15) is 0 Å². The summed E-state index contributed by atoms with van der Waals surface area (Å²) in [5.74, 6) is 0.171. The summed E-state index contributed by atoms with van der Waals surface area (Å²) in [5, 5.41) is 2.86. The van der Waals surface area contributed by atoms with Crippen LogP contribution in [-0.4, -0.2) is 21.5 Å². The molecule has 0 radical (unpaired) electrons. The van der Waals surface area contributed by atoms with Crippen LogP contribution in [0.15, 0.2) is 45.7 Å². The van der Waals surface area contributed by atoms with Gasteiger partial charge in [0.25, 0.3) is 5.56 Å².